The van der Waals surface area contributed by atoms with E-state index >= 15 is 0 Å². The third kappa shape index (κ3) is 4.18. The molecule has 0 saturated carbocycles. The minimum absolute atomic E-state index is 0.137. The van der Waals surface area contributed by atoms with Crippen molar-refractivity contribution in [1.29, 1.82) is 0 Å². The topological polar surface area (TPSA) is 116 Å². The van der Waals surface area contributed by atoms with E-state index in [0.29, 0.717) is 5.56 Å². The molecule has 1 aliphatic heterocycles. The van der Waals surface area contributed by atoms with Crippen molar-refractivity contribution in [3.05, 3.63) is 29.8 Å². The molecule has 1 aliphatic rings. The maximum Gasteiger partial charge on any atom is 0.408 e. The molecule has 1 aromatic carbocycles. The highest BCUT2D eigenvalue weighted by molar-refractivity contribution is 7.90. The van der Waals surface area contributed by atoms with Gasteiger partial charge in [-0.15, -0.1) is 0 Å². The van der Waals surface area contributed by atoms with Crippen LogP contribution in [0.4, 0.5) is 4.79 Å². The van der Waals surface area contributed by atoms with Crippen molar-refractivity contribution in [2.45, 2.75) is 17.0 Å². The number of hydrogen-bond acceptors (Lipinski definition) is 7. The van der Waals surface area contributed by atoms with E-state index in [1.54, 1.807) is 0 Å². The Bertz CT molecular complexity index is 768. The Morgan fingerprint density at radius 2 is 1.73 bits per heavy atom. The van der Waals surface area contributed by atoms with Crippen molar-refractivity contribution < 1.29 is 30.6 Å². The Kier molecular flexibility index (Phi) is 4.45. The molecule has 0 bridgehead atoms. The van der Waals surface area contributed by atoms with Gasteiger partial charge in [-0.1, -0.05) is 12.1 Å². The number of amides is 1. The van der Waals surface area contributed by atoms with Crippen LogP contribution in [0.5, 0.6) is 0 Å². The number of hydrogen-bond donors (Lipinski definition) is 1. The van der Waals surface area contributed by atoms with Crippen LogP contribution >= 0.6 is 0 Å². The molecule has 1 heterocycles. The van der Waals surface area contributed by atoms with Gasteiger partial charge >= 0.3 is 6.09 Å². The van der Waals surface area contributed by atoms with E-state index in [1.165, 1.54) is 24.3 Å². The van der Waals surface area contributed by atoms with Crippen molar-refractivity contribution in [1.82, 2.24) is 5.32 Å². The van der Waals surface area contributed by atoms with Crippen LogP contribution in [0.25, 0.3) is 0 Å². The summed E-state index contributed by atoms with van der Waals surface area (Å²) in [4.78, 5) is 11.5. The first-order chi connectivity index (χ1) is 10.1. The molecule has 0 radical (unpaired) electrons. The zero-order valence-corrected chi connectivity index (χ0v) is 13.5. The predicted octanol–water partition coefficient (Wildman–Crippen LogP) is 0.216. The molecule has 2 rings (SSSR count). The fourth-order valence-corrected chi connectivity index (χ4v) is 3.01. The third-order valence-electron chi connectivity index (χ3n) is 3.00. The quantitative estimate of drug-likeness (QED) is 0.756. The van der Waals surface area contributed by atoms with Gasteiger partial charge in [-0.2, -0.15) is 8.42 Å². The highest BCUT2D eigenvalue weighted by Crippen LogP contribution is 2.27. The number of alkyl carbamates (subject to hydrolysis) is 1. The molecule has 1 fully saturated rings. The smallest absolute Gasteiger partial charge is 0.408 e. The van der Waals surface area contributed by atoms with Crippen LogP contribution in [-0.2, 0) is 28.9 Å². The number of nitrogens with one attached hydrogen (secondary N) is 1. The van der Waals surface area contributed by atoms with Crippen molar-refractivity contribution >= 4 is 26.0 Å². The van der Waals surface area contributed by atoms with E-state index in [-0.39, 0.29) is 11.5 Å². The Labute approximate surface area is 128 Å². The van der Waals surface area contributed by atoms with E-state index in [0.717, 1.165) is 12.5 Å². The van der Waals surface area contributed by atoms with Gasteiger partial charge in [0.1, 0.15) is 0 Å². The average Bonchev–Trinajstić information content (AvgIpc) is 2.76. The zero-order valence-electron chi connectivity index (χ0n) is 11.8. The number of sulfone groups is 1. The summed E-state index contributed by atoms with van der Waals surface area (Å²) in [5.74, 6) is 0. The summed E-state index contributed by atoms with van der Waals surface area (Å²) < 4.78 is 54.6. The first-order valence-corrected chi connectivity index (χ1v) is 9.88. The molecule has 1 saturated heterocycles. The number of ether oxygens (including phenoxy) is 1. The fraction of sp³-hybridized carbons (Fsp3) is 0.417. The minimum Gasteiger partial charge on any atom is -0.439 e. The summed E-state index contributed by atoms with van der Waals surface area (Å²) in [5, 5.41) is 2.45. The van der Waals surface area contributed by atoms with Crippen LogP contribution < -0.4 is 5.32 Å². The average molecular weight is 349 g/mol. The monoisotopic (exact) mass is 349 g/mol. The van der Waals surface area contributed by atoms with Crippen LogP contribution in [0.2, 0.25) is 0 Å². The van der Waals surface area contributed by atoms with Gasteiger partial charge in [-0.3, -0.25) is 4.18 Å². The molecule has 1 amide bonds. The van der Waals surface area contributed by atoms with Crippen molar-refractivity contribution in [3.8, 4) is 0 Å². The molecule has 0 spiro atoms. The SMILES string of the molecule is CS(=O)(=O)OCC1NC(=O)OC1c1ccc(S(C)(=O)=O)cc1. The molecule has 122 valence electrons. The molecule has 1 aromatic rings. The van der Waals surface area contributed by atoms with E-state index in [4.69, 9.17) is 4.74 Å². The fourth-order valence-electron chi connectivity index (χ4n) is 1.99. The molecule has 8 nitrogen and oxygen atoms in total. The lowest BCUT2D eigenvalue weighted by Crippen LogP contribution is -2.33. The molecular formula is C12H15NO7S2. The van der Waals surface area contributed by atoms with Gasteiger partial charge in [0.05, 0.1) is 23.8 Å². The predicted molar refractivity (Wildman–Crippen MR) is 76.5 cm³/mol. The van der Waals surface area contributed by atoms with Crippen molar-refractivity contribution in [2.75, 3.05) is 19.1 Å². The van der Waals surface area contributed by atoms with E-state index < -0.39 is 38.2 Å². The van der Waals surface area contributed by atoms with Crippen LogP contribution in [0.3, 0.4) is 0 Å². The van der Waals surface area contributed by atoms with Gasteiger partial charge in [-0.25, -0.2) is 13.2 Å². The maximum absolute atomic E-state index is 11.4. The second-order valence-electron chi connectivity index (χ2n) is 4.91. The third-order valence-corrected chi connectivity index (χ3v) is 4.69. The van der Waals surface area contributed by atoms with Crippen molar-refractivity contribution in [2.24, 2.45) is 0 Å². The van der Waals surface area contributed by atoms with E-state index in [2.05, 4.69) is 9.50 Å². The number of carbonyl (C=O) groups excluding carboxylic acids is 1. The molecule has 1 N–H and O–H groups in total. The van der Waals surface area contributed by atoms with Gasteiger partial charge in [0.15, 0.2) is 15.9 Å². The minimum atomic E-state index is -3.65. The summed E-state index contributed by atoms with van der Waals surface area (Å²) in [5.41, 5.74) is 0.535. The Hall–Kier alpha value is -1.65. The number of cyclic esters (lactones) is 1. The molecule has 0 aliphatic carbocycles. The summed E-state index contributed by atoms with van der Waals surface area (Å²) >= 11 is 0. The number of carbonyl (C=O) groups is 1. The van der Waals surface area contributed by atoms with Gasteiger partial charge in [0.25, 0.3) is 10.1 Å². The Morgan fingerprint density at radius 3 is 2.23 bits per heavy atom. The lowest BCUT2D eigenvalue weighted by Gasteiger charge is -2.16. The molecule has 2 atom stereocenters. The molecular weight excluding hydrogens is 334 g/mol. The van der Waals surface area contributed by atoms with Gasteiger partial charge in [0.2, 0.25) is 0 Å². The number of rotatable bonds is 5. The van der Waals surface area contributed by atoms with E-state index in [9.17, 15) is 21.6 Å². The zero-order chi connectivity index (χ0) is 16.5. The Morgan fingerprint density at radius 1 is 1.14 bits per heavy atom. The lowest BCUT2D eigenvalue weighted by atomic mass is 10.0. The molecule has 0 aromatic heterocycles. The van der Waals surface area contributed by atoms with Crippen LogP contribution in [0, 0.1) is 0 Å². The van der Waals surface area contributed by atoms with Crippen molar-refractivity contribution in [3.63, 3.8) is 0 Å². The number of benzene rings is 1. The largest absolute Gasteiger partial charge is 0.439 e. The summed E-state index contributed by atoms with van der Waals surface area (Å²) in [7, 11) is -6.97. The normalized spacial score (nSPS) is 22.2. The van der Waals surface area contributed by atoms with Gasteiger partial charge in [0, 0.05) is 6.26 Å². The molecule has 10 heteroatoms. The first-order valence-electron chi connectivity index (χ1n) is 6.18. The van der Waals surface area contributed by atoms with Gasteiger partial charge in [-0.05, 0) is 17.7 Å². The first kappa shape index (κ1) is 16.7. The highest BCUT2D eigenvalue weighted by atomic mass is 32.2. The van der Waals surface area contributed by atoms with E-state index in [1.807, 2.05) is 0 Å². The van der Waals surface area contributed by atoms with Gasteiger partial charge < -0.3 is 10.1 Å². The van der Waals surface area contributed by atoms with Crippen LogP contribution in [0.15, 0.2) is 29.2 Å². The Balaban J connectivity index is 2.20. The highest BCUT2D eigenvalue weighted by Gasteiger charge is 2.36. The lowest BCUT2D eigenvalue weighted by molar-refractivity contribution is 0.123. The molecule has 22 heavy (non-hydrogen) atoms. The summed E-state index contributed by atoms with van der Waals surface area (Å²) in [6.07, 6.45) is 0.532. The maximum atomic E-state index is 11.4. The second kappa shape index (κ2) is 5.86. The summed E-state index contributed by atoms with van der Waals surface area (Å²) in [6.45, 7) is -0.275. The van der Waals surface area contributed by atoms with Crippen LogP contribution in [0.1, 0.15) is 11.7 Å². The van der Waals surface area contributed by atoms with Crippen LogP contribution in [-0.4, -0.2) is 48.1 Å². The standard InChI is InChI=1S/C12H15NO7S2/c1-21(15,16)9-5-3-8(4-6-9)11-10(13-12(14)20-11)7-19-22(2,17)18/h3-6,10-11H,7H2,1-2H3,(H,13,14). The summed E-state index contributed by atoms with van der Waals surface area (Å²) in [6, 6.07) is 5.12. The second-order valence-corrected chi connectivity index (χ2v) is 8.57. The molecule has 2 unspecified atom stereocenters.